The molecule has 0 spiro atoms. The largest absolute Gasteiger partial charge is 0.481 e. The third-order valence-electron chi connectivity index (χ3n) is 9.57. The van der Waals surface area contributed by atoms with Crippen molar-refractivity contribution in [2.24, 2.45) is 16.2 Å². The van der Waals surface area contributed by atoms with E-state index in [1.54, 1.807) is 0 Å². The van der Waals surface area contributed by atoms with E-state index in [1.807, 2.05) is 32.6 Å². The van der Waals surface area contributed by atoms with Gasteiger partial charge < -0.3 is 24.3 Å². The van der Waals surface area contributed by atoms with Crippen molar-refractivity contribution in [2.75, 3.05) is 6.54 Å². The Morgan fingerprint density at radius 1 is 1.22 bits per heavy atom. The highest BCUT2D eigenvalue weighted by Gasteiger charge is 2.89. The zero-order valence-electron chi connectivity index (χ0n) is 20.7. The Morgan fingerprint density at radius 2 is 1.91 bits per heavy atom. The van der Waals surface area contributed by atoms with Crippen LogP contribution in [0.5, 0.6) is 0 Å². The zero-order valence-corrected chi connectivity index (χ0v) is 20.7. The van der Waals surface area contributed by atoms with Crippen molar-refractivity contribution in [3.8, 4) is 0 Å². The number of amides is 2. The average Bonchev–Trinajstić information content (AvgIpc) is 3.27. The van der Waals surface area contributed by atoms with Crippen LogP contribution in [0.2, 0.25) is 0 Å². The molecule has 4 atom stereocenters. The molecule has 6 aliphatic carbocycles. The molecule has 8 fully saturated rings. The summed E-state index contributed by atoms with van der Waals surface area (Å²) >= 11 is 0. The summed E-state index contributed by atoms with van der Waals surface area (Å²) in [4.78, 5) is 27.6. The van der Waals surface area contributed by atoms with Gasteiger partial charge in [-0.05, 0) is 77.0 Å². The quantitative estimate of drug-likeness (QED) is 0.667. The molecule has 0 aromatic carbocycles. The molecule has 7 nitrogen and oxygen atoms in total. The summed E-state index contributed by atoms with van der Waals surface area (Å²) in [7, 11) is -0.391. The van der Waals surface area contributed by atoms with Crippen LogP contribution in [0, 0.1) is 16.2 Å². The monoisotopic (exact) mass is 446 g/mol. The Labute approximate surface area is 192 Å². The minimum Gasteiger partial charge on any atom is -0.444 e. The summed E-state index contributed by atoms with van der Waals surface area (Å²) in [6.07, 6.45) is 5.41. The van der Waals surface area contributed by atoms with E-state index in [2.05, 4.69) is 26.1 Å². The summed E-state index contributed by atoms with van der Waals surface area (Å²) in [6.45, 7) is 15.0. The number of likely N-dealkylation sites (tertiary alicyclic amines) is 1. The molecule has 0 aromatic heterocycles. The Hall–Kier alpha value is -1.28. The number of alkyl carbamates (subject to hydrolysis) is 1. The minimum atomic E-state index is -0.609. The van der Waals surface area contributed by atoms with Gasteiger partial charge >= 0.3 is 13.2 Å². The first-order valence-electron chi connectivity index (χ1n) is 12.4. The van der Waals surface area contributed by atoms with Gasteiger partial charge in [0.2, 0.25) is 5.91 Å². The molecule has 0 aromatic rings. The molecule has 2 bridgehead atoms. The first-order valence-corrected chi connectivity index (χ1v) is 12.4. The predicted molar refractivity (Wildman–Crippen MR) is 121 cm³/mol. The summed E-state index contributed by atoms with van der Waals surface area (Å²) in [5.41, 5.74) is 0.0941. The molecule has 178 valence electrons. The highest BCUT2D eigenvalue weighted by molar-refractivity contribution is 6.48. The molecule has 2 amide bonds. The average molecular weight is 446 g/mol. The summed E-state index contributed by atoms with van der Waals surface area (Å²) in [5.74, 6) is -0.176. The Balaban J connectivity index is 1.28. The molecular formula is C24H39BN2O5. The van der Waals surface area contributed by atoms with Gasteiger partial charge in [-0.25, -0.2) is 4.79 Å². The zero-order chi connectivity index (χ0) is 23.3. The highest BCUT2D eigenvalue weighted by Crippen LogP contribution is 2.91. The third-order valence-corrected chi connectivity index (χ3v) is 9.57. The van der Waals surface area contributed by atoms with Crippen molar-refractivity contribution in [1.29, 1.82) is 0 Å². The molecule has 0 radical (unpaired) electrons. The van der Waals surface area contributed by atoms with Crippen molar-refractivity contribution < 1.29 is 23.6 Å². The number of nitrogens with zero attached hydrogens (tertiary/aromatic N) is 1. The number of hydrogen-bond donors (Lipinski definition) is 1. The minimum absolute atomic E-state index is 0.0706. The third kappa shape index (κ3) is 2.80. The van der Waals surface area contributed by atoms with Crippen LogP contribution in [0.25, 0.3) is 0 Å². The highest BCUT2D eigenvalue weighted by atomic mass is 16.7. The van der Waals surface area contributed by atoms with Crippen LogP contribution < -0.4 is 5.32 Å². The van der Waals surface area contributed by atoms with Crippen LogP contribution in [0.3, 0.4) is 0 Å². The fraction of sp³-hybridized carbons (Fsp3) is 0.917. The standard InChI is InChI=1S/C24H39BN2O5/c1-8-15(26-19(29)30-20(2,3)4)17(28)27-11-9-10-16(27)25-31-18-22(7,32-25)12-23-13-24(18,14-23)21(23,5)6/h15-16,18H,8-14H2,1-7H3,(H,26,29)/t15?,16?,18?,22-,23?,24?/m0/s1. The maximum atomic E-state index is 13.4. The Bertz CT molecular complexity index is 833. The smallest absolute Gasteiger partial charge is 0.444 e. The number of rotatable bonds is 4. The molecular weight excluding hydrogens is 407 g/mol. The van der Waals surface area contributed by atoms with Gasteiger partial charge in [-0.2, -0.15) is 0 Å². The molecule has 8 rings (SSSR count). The maximum absolute atomic E-state index is 13.4. The lowest BCUT2D eigenvalue weighted by atomic mass is 9.16. The van der Waals surface area contributed by atoms with Crippen LogP contribution in [0.4, 0.5) is 4.79 Å². The van der Waals surface area contributed by atoms with Gasteiger partial charge in [0.25, 0.3) is 0 Å². The SMILES string of the molecule is CCC(NC(=O)OC(C)(C)C)C(=O)N1CCCC1B1OC2C34CC(C3)(C[C@]2(C)O1)C4(C)C. The van der Waals surface area contributed by atoms with Crippen molar-refractivity contribution in [2.45, 2.75) is 116 Å². The van der Waals surface area contributed by atoms with Crippen LogP contribution in [0.15, 0.2) is 0 Å². The van der Waals surface area contributed by atoms with Crippen LogP contribution in [0.1, 0.15) is 87.0 Å². The van der Waals surface area contributed by atoms with Crippen LogP contribution >= 0.6 is 0 Å². The van der Waals surface area contributed by atoms with Crippen molar-refractivity contribution in [1.82, 2.24) is 10.2 Å². The lowest BCUT2D eigenvalue weighted by Gasteiger charge is -2.89. The second-order valence-corrected chi connectivity index (χ2v) is 12.8. The molecule has 2 saturated heterocycles. The number of hydrogen-bond acceptors (Lipinski definition) is 5. The van der Waals surface area contributed by atoms with E-state index in [0.717, 1.165) is 19.3 Å². The van der Waals surface area contributed by atoms with Gasteiger partial charge in [0, 0.05) is 12.0 Å². The van der Waals surface area contributed by atoms with Gasteiger partial charge in [-0.3, -0.25) is 4.79 Å². The predicted octanol–water partition coefficient (Wildman–Crippen LogP) is 3.69. The van der Waals surface area contributed by atoms with E-state index in [0.29, 0.717) is 23.8 Å². The Morgan fingerprint density at radius 3 is 2.50 bits per heavy atom. The van der Waals surface area contributed by atoms with Crippen molar-refractivity contribution in [3.05, 3.63) is 0 Å². The molecule has 6 saturated carbocycles. The molecule has 8 aliphatic rings. The summed E-state index contributed by atoms with van der Waals surface area (Å²) < 4.78 is 18.7. The first kappa shape index (κ1) is 22.5. The normalized spacial score (nSPS) is 42.0. The van der Waals surface area contributed by atoms with E-state index >= 15 is 0 Å². The summed E-state index contributed by atoms with van der Waals surface area (Å²) in [6, 6.07) is -0.609. The first-order chi connectivity index (χ1) is 14.8. The van der Waals surface area contributed by atoms with Gasteiger partial charge in [0.05, 0.1) is 17.6 Å². The van der Waals surface area contributed by atoms with Crippen LogP contribution in [-0.2, 0) is 18.8 Å². The maximum Gasteiger partial charge on any atom is 0.481 e. The molecule has 1 N–H and O–H groups in total. The lowest BCUT2D eigenvalue weighted by Crippen LogP contribution is -2.86. The fourth-order valence-electron chi connectivity index (χ4n) is 7.87. The van der Waals surface area contributed by atoms with E-state index < -0.39 is 24.9 Å². The summed E-state index contributed by atoms with van der Waals surface area (Å²) in [5, 5.41) is 2.77. The second kappa shape index (κ2) is 6.65. The molecule has 2 heterocycles. The number of carbonyl (C=O) groups is 2. The Kier molecular flexibility index (Phi) is 4.68. The number of ether oxygens (including phenoxy) is 1. The van der Waals surface area contributed by atoms with E-state index in [1.165, 1.54) is 12.8 Å². The van der Waals surface area contributed by atoms with Crippen LogP contribution in [-0.4, -0.2) is 59.9 Å². The topological polar surface area (TPSA) is 77.1 Å². The van der Waals surface area contributed by atoms with E-state index in [4.69, 9.17) is 14.0 Å². The van der Waals surface area contributed by atoms with Gasteiger partial charge in [-0.1, -0.05) is 20.8 Å². The second-order valence-electron chi connectivity index (χ2n) is 12.8. The number of carbonyl (C=O) groups excluding carboxylic acids is 2. The van der Waals surface area contributed by atoms with E-state index in [-0.39, 0.29) is 29.0 Å². The van der Waals surface area contributed by atoms with Crippen molar-refractivity contribution in [3.63, 3.8) is 0 Å². The molecule has 2 aliphatic heterocycles. The van der Waals surface area contributed by atoms with Gasteiger partial charge in [0.1, 0.15) is 11.6 Å². The van der Waals surface area contributed by atoms with Gasteiger partial charge in [0.15, 0.2) is 0 Å². The molecule has 3 unspecified atom stereocenters. The molecule has 32 heavy (non-hydrogen) atoms. The van der Waals surface area contributed by atoms with Crippen molar-refractivity contribution >= 4 is 19.1 Å². The van der Waals surface area contributed by atoms with E-state index in [9.17, 15) is 9.59 Å². The number of nitrogens with one attached hydrogen (secondary N) is 1. The van der Waals surface area contributed by atoms with Gasteiger partial charge in [-0.15, -0.1) is 0 Å². The molecule has 8 heteroatoms. The fourth-order valence-corrected chi connectivity index (χ4v) is 7.87. The lowest BCUT2D eigenvalue weighted by molar-refractivity contribution is -0.422.